The average Bonchev–Trinajstić information content (AvgIpc) is 3.30. The first-order chi connectivity index (χ1) is 18.1. The summed E-state index contributed by atoms with van der Waals surface area (Å²) in [5.74, 6) is -0.317. The number of nitrogens with zero attached hydrogens (tertiary/aromatic N) is 4. The summed E-state index contributed by atoms with van der Waals surface area (Å²) in [6.45, 7) is 7.71. The van der Waals surface area contributed by atoms with E-state index in [2.05, 4.69) is 37.1 Å². The minimum Gasteiger partial charge on any atom is -0.491 e. The third-order valence-corrected chi connectivity index (χ3v) is 6.56. The Morgan fingerprint density at radius 3 is 2.63 bits per heavy atom. The highest BCUT2D eigenvalue weighted by molar-refractivity contribution is 5.94. The molecule has 0 bridgehead atoms. The van der Waals surface area contributed by atoms with E-state index >= 15 is 0 Å². The minimum atomic E-state index is -4.48. The summed E-state index contributed by atoms with van der Waals surface area (Å²) in [7, 11) is 2.13. The van der Waals surface area contributed by atoms with Crippen molar-refractivity contribution in [2.24, 2.45) is 5.92 Å². The van der Waals surface area contributed by atoms with Crippen molar-refractivity contribution in [3.63, 3.8) is 0 Å². The Morgan fingerprint density at radius 1 is 1.16 bits per heavy atom. The van der Waals surface area contributed by atoms with Crippen LogP contribution in [0.3, 0.4) is 0 Å². The predicted molar refractivity (Wildman–Crippen MR) is 140 cm³/mol. The molecule has 0 spiro atoms. The van der Waals surface area contributed by atoms with Gasteiger partial charge in [-0.2, -0.15) is 13.2 Å². The van der Waals surface area contributed by atoms with E-state index in [4.69, 9.17) is 4.74 Å². The van der Waals surface area contributed by atoms with Crippen molar-refractivity contribution in [2.75, 3.05) is 58.2 Å². The molecule has 4 heterocycles. The zero-order valence-corrected chi connectivity index (χ0v) is 21.8. The van der Waals surface area contributed by atoms with Crippen LogP contribution in [0.4, 0.5) is 18.9 Å². The number of aromatic nitrogens is 3. The lowest BCUT2D eigenvalue weighted by atomic mass is 10.0. The second-order valence-electron chi connectivity index (χ2n) is 9.92. The third kappa shape index (κ3) is 7.35. The lowest BCUT2D eigenvalue weighted by molar-refractivity contribution is -0.139. The van der Waals surface area contributed by atoms with Gasteiger partial charge < -0.3 is 25.3 Å². The Labute approximate surface area is 219 Å². The minimum absolute atomic E-state index is 0.255. The highest BCUT2D eigenvalue weighted by atomic mass is 19.4. The normalized spacial score (nSPS) is 16.1. The quantitative estimate of drug-likeness (QED) is 0.368. The topological polar surface area (TPSA) is 98.4 Å². The van der Waals surface area contributed by atoms with E-state index in [1.54, 1.807) is 26.2 Å². The maximum atomic E-state index is 12.6. The number of nitrogens with one attached hydrogen (secondary N) is 3. The van der Waals surface area contributed by atoms with E-state index < -0.39 is 24.7 Å². The zero-order chi connectivity index (χ0) is 27.3. The van der Waals surface area contributed by atoms with Crippen LogP contribution in [0.2, 0.25) is 0 Å². The third-order valence-electron chi connectivity index (χ3n) is 6.56. The van der Waals surface area contributed by atoms with Gasteiger partial charge in [-0.05, 0) is 25.1 Å². The largest absolute Gasteiger partial charge is 0.491 e. The second kappa shape index (κ2) is 12.0. The number of halogens is 3. The first-order valence-corrected chi connectivity index (χ1v) is 12.7. The van der Waals surface area contributed by atoms with Crippen molar-refractivity contribution < 1.29 is 22.7 Å². The number of piperazine rings is 1. The van der Waals surface area contributed by atoms with E-state index in [1.165, 1.54) is 6.20 Å². The van der Waals surface area contributed by atoms with Gasteiger partial charge in [-0.25, -0.2) is 4.98 Å². The molecule has 9 nitrogen and oxygen atoms in total. The van der Waals surface area contributed by atoms with Gasteiger partial charge in [0.15, 0.2) is 0 Å². The summed E-state index contributed by atoms with van der Waals surface area (Å²) in [4.78, 5) is 29.0. The molecule has 3 N–H and O–H groups in total. The van der Waals surface area contributed by atoms with Crippen LogP contribution in [0.1, 0.15) is 13.8 Å². The summed E-state index contributed by atoms with van der Waals surface area (Å²) in [6, 6.07) is 2.88. The van der Waals surface area contributed by atoms with E-state index in [9.17, 15) is 18.0 Å². The lowest BCUT2D eigenvalue weighted by Gasteiger charge is -2.32. The number of ether oxygens (including phenoxy) is 1. The lowest BCUT2D eigenvalue weighted by Crippen LogP contribution is -2.46. The highest BCUT2D eigenvalue weighted by Crippen LogP contribution is 2.31. The number of H-pyrrole nitrogens is 1. The summed E-state index contributed by atoms with van der Waals surface area (Å²) < 4.78 is 43.7. The molecule has 4 rings (SSSR count). The number of carbonyl (C=O) groups excluding carboxylic acids is 1. The van der Waals surface area contributed by atoms with Gasteiger partial charge in [-0.15, -0.1) is 0 Å². The number of alkyl halides is 3. The molecule has 3 aromatic rings. The maximum Gasteiger partial charge on any atom is 0.405 e. The number of anilines is 1. The summed E-state index contributed by atoms with van der Waals surface area (Å²) in [6.07, 6.45) is 2.26. The SMILES string of the molecule is CC(C)C(Nc1cncc(-c2c[nH]c3ncc(OCCN4CCN(C)CC4)cc23)c1)C(=O)NCC(F)(F)F. The Hall–Kier alpha value is -3.38. The molecular formula is C26H34F3N7O2. The molecule has 1 fully saturated rings. The van der Waals surface area contributed by atoms with Gasteiger partial charge in [-0.3, -0.25) is 14.7 Å². The first kappa shape index (κ1) is 27.6. The number of aromatic amines is 1. The molecule has 206 valence electrons. The fourth-order valence-electron chi connectivity index (χ4n) is 4.34. The number of carbonyl (C=O) groups is 1. The maximum absolute atomic E-state index is 12.6. The molecule has 1 aliphatic rings. The van der Waals surface area contributed by atoms with Crippen molar-refractivity contribution in [1.82, 2.24) is 30.1 Å². The van der Waals surface area contributed by atoms with E-state index in [0.29, 0.717) is 23.7 Å². The molecule has 12 heteroatoms. The van der Waals surface area contributed by atoms with Crippen molar-refractivity contribution >= 4 is 22.6 Å². The van der Waals surface area contributed by atoms with Crippen molar-refractivity contribution in [1.29, 1.82) is 0 Å². The van der Waals surface area contributed by atoms with E-state index in [1.807, 2.05) is 23.6 Å². The molecule has 0 aliphatic carbocycles. The Kier molecular flexibility index (Phi) is 8.72. The van der Waals surface area contributed by atoms with Crippen LogP contribution in [-0.4, -0.2) is 95.8 Å². The van der Waals surface area contributed by atoms with Crippen LogP contribution < -0.4 is 15.4 Å². The highest BCUT2D eigenvalue weighted by Gasteiger charge is 2.30. The van der Waals surface area contributed by atoms with Crippen LogP contribution in [0.15, 0.2) is 36.9 Å². The molecule has 1 aliphatic heterocycles. The van der Waals surface area contributed by atoms with Gasteiger partial charge >= 0.3 is 6.18 Å². The van der Waals surface area contributed by atoms with Crippen LogP contribution in [0, 0.1) is 5.92 Å². The molecular weight excluding hydrogens is 499 g/mol. The summed E-state index contributed by atoms with van der Waals surface area (Å²) in [5, 5.41) is 5.85. The number of hydrogen-bond acceptors (Lipinski definition) is 7. The van der Waals surface area contributed by atoms with Crippen LogP contribution in [-0.2, 0) is 4.79 Å². The fraction of sp³-hybridized carbons (Fsp3) is 0.500. The van der Waals surface area contributed by atoms with Crippen molar-refractivity contribution in [3.05, 3.63) is 36.9 Å². The van der Waals surface area contributed by atoms with Crippen LogP contribution >= 0.6 is 0 Å². The van der Waals surface area contributed by atoms with Crippen molar-refractivity contribution in [3.8, 4) is 16.9 Å². The second-order valence-corrected chi connectivity index (χ2v) is 9.92. The predicted octanol–water partition coefficient (Wildman–Crippen LogP) is 3.37. The molecule has 1 saturated heterocycles. The smallest absolute Gasteiger partial charge is 0.405 e. The number of rotatable bonds is 10. The number of hydrogen-bond donors (Lipinski definition) is 3. The van der Waals surface area contributed by atoms with Gasteiger partial charge in [-0.1, -0.05) is 13.8 Å². The molecule has 3 aromatic heterocycles. The number of amides is 1. The number of likely N-dealkylation sites (N-methyl/N-ethyl adjacent to an activating group) is 1. The Bertz CT molecular complexity index is 1220. The van der Waals surface area contributed by atoms with E-state index in [0.717, 1.165) is 49.2 Å². The average molecular weight is 534 g/mol. The molecule has 0 radical (unpaired) electrons. The number of fused-ring (bicyclic) bond motifs is 1. The molecule has 0 aromatic carbocycles. The fourth-order valence-corrected chi connectivity index (χ4v) is 4.34. The van der Waals surface area contributed by atoms with Gasteiger partial charge in [0, 0.05) is 67.8 Å². The first-order valence-electron chi connectivity index (χ1n) is 12.7. The zero-order valence-electron chi connectivity index (χ0n) is 21.8. The standard InChI is InChI=1S/C26H34F3N7O2/c1-17(2)23(25(37)33-16-26(27,28)29)34-19-10-18(12-30-13-19)22-15-32-24-21(22)11-20(14-31-24)38-9-8-36-6-4-35(3)5-7-36/h10-15,17,23,34H,4-9,16H2,1-3H3,(H,31,32)(H,33,37). The van der Waals surface area contributed by atoms with Gasteiger partial charge in [0.1, 0.15) is 30.6 Å². The van der Waals surface area contributed by atoms with E-state index in [-0.39, 0.29) is 5.92 Å². The molecule has 38 heavy (non-hydrogen) atoms. The van der Waals surface area contributed by atoms with Crippen LogP contribution in [0.25, 0.3) is 22.2 Å². The van der Waals surface area contributed by atoms with Crippen LogP contribution in [0.5, 0.6) is 5.75 Å². The summed E-state index contributed by atoms with van der Waals surface area (Å²) >= 11 is 0. The number of pyridine rings is 2. The monoisotopic (exact) mass is 533 g/mol. The Morgan fingerprint density at radius 2 is 1.92 bits per heavy atom. The summed E-state index contributed by atoms with van der Waals surface area (Å²) in [5.41, 5.74) is 2.81. The van der Waals surface area contributed by atoms with Crippen molar-refractivity contribution in [2.45, 2.75) is 26.1 Å². The van der Waals surface area contributed by atoms with Gasteiger partial charge in [0.25, 0.3) is 0 Å². The van der Waals surface area contributed by atoms with Gasteiger partial charge in [0.2, 0.25) is 5.91 Å². The Balaban J connectivity index is 1.45. The molecule has 0 saturated carbocycles. The molecule has 1 atom stereocenters. The van der Waals surface area contributed by atoms with Gasteiger partial charge in [0.05, 0.1) is 11.9 Å². The molecule has 1 unspecified atom stereocenters. The molecule has 1 amide bonds.